The number of carbonyl (C=O) groups is 2. The van der Waals surface area contributed by atoms with Crippen molar-refractivity contribution in [2.24, 2.45) is 0 Å². The largest absolute Gasteiger partial charge is 0.365 e. The molecule has 5 nitrogen and oxygen atoms in total. The molecule has 0 aromatic heterocycles. The van der Waals surface area contributed by atoms with Crippen LogP contribution < -0.4 is 15.5 Å². The van der Waals surface area contributed by atoms with Crippen LogP contribution in [0.25, 0.3) is 10.8 Å². The van der Waals surface area contributed by atoms with E-state index >= 15 is 0 Å². The number of para-hydroxylation sites is 1. The van der Waals surface area contributed by atoms with Crippen LogP contribution in [0.5, 0.6) is 0 Å². The lowest BCUT2D eigenvalue weighted by molar-refractivity contribution is -0.114. The number of fused-ring (bicyclic) bond motifs is 1. The minimum Gasteiger partial charge on any atom is -0.365 e. The number of likely N-dealkylation sites (N-methyl/N-ethyl adjacent to an activating group) is 1. The Morgan fingerprint density at radius 1 is 0.964 bits per heavy atom. The number of hydrogen-bond acceptors (Lipinski definition) is 3. The van der Waals surface area contributed by atoms with Gasteiger partial charge in [-0.05, 0) is 47.9 Å². The molecule has 4 rings (SSSR count). The maximum absolute atomic E-state index is 12.6. The third kappa shape index (κ3) is 4.14. The summed E-state index contributed by atoms with van der Waals surface area (Å²) < 4.78 is 0. The van der Waals surface area contributed by atoms with Crippen LogP contribution in [0.1, 0.15) is 23.2 Å². The van der Waals surface area contributed by atoms with Crippen LogP contribution >= 0.6 is 0 Å². The van der Waals surface area contributed by atoms with E-state index in [1.54, 1.807) is 18.2 Å². The molecular formula is C23H23N3O2. The second-order valence-electron chi connectivity index (χ2n) is 7.23. The highest BCUT2D eigenvalue weighted by Crippen LogP contribution is 2.23. The van der Waals surface area contributed by atoms with Gasteiger partial charge in [0.05, 0.1) is 17.8 Å². The molecule has 0 saturated heterocycles. The SMILES string of the molecule is CN(CC(=O)Nc1ccccc1C(=O)NC1CC1)c1ccc2ccccc2c1. The first kappa shape index (κ1) is 18.0. The zero-order chi connectivity index (χ0) is 19.5. The second-order valence-corrected chi connectivity index (χ2v) is 7.23. The van der Waals surface area contributed by atoms with Crippen molar-refractivity contribution in [2.45, 2.75) is 18.9 Å². The zero-order valence-corrected chi connectivity index (χ0v) is 15.8. The standard InChI is InChI=1S/C23H23N3O2/c1-26(19-13-10-16-6-2-3-7-17(16)14-19)15-22(27)25-21-9-5-4-8-20(21)23(28)24-18-11-12-18/h2-10,13-14,18H,11-12,15H2,1H3,(H,24,28)(H,25,27). The number of amides is 2. The van der Waals surface area contributed by atoms with E-state index in [1.807, 2.05) is 36.2 Å². The molecule has 5 heteroatoms. The number of hydrogen-bond donors (Lipinski definition) is 2. The van der Waals surface area contributed by atoms with E-state index in [4.69, 9.17) is 0 Å². The number of anilines is 2. The molecule has 0 atom stereocenters. The Labute approximate surface area is 164 Å². The third-order valence-corrected chi connectivity index (χ3v) is 4.91. The van der Waals surface area contributed by atoms with Crippen LogP contribution in [0.4, 0.5) is 11.4 Å². The lowest BCUT2D eigenvalue weighted by Crippen LogP contribution is -2.31. The Kier molecular flexibility index (Phi) is 4.98. The van der Waals surface area contributed by atoms with Gasteiger partial charge >= 0.3 is 0 Å². The third-order valence-electron chi connectivity index (χ3n) is 4.91. The van der Waals surface area contributed by atoms with Crippen molar-refractivity contribution in [3.05, 3.63) is 72.3 Å². The summed E-state index contributed by atoms with van der Waals surface area (Å²) in [6.07, 6.45) is 2.05. The highest BCUT2D eigenvalue weighted by molar-refractivity contribution is 6.04. The topological polar surface area (TPSA) is 61.4 Å². The summed E-state index contributed by atoms with van der Waals surface area (Å²) in [7, 11) is 1.88. The highest BCUT2D eigenvalue weighted by atomic mass is 16.2. The summed E-state index contributed by atoms with van der Waals surface area (Å²) in [5.41, 5.74) is 2.00. The summed E-state index contributed by atoms with van der Waals surface area (Å²) in [6.45, 7) is 0.191. The first-order valence-electron chi connectivity index (χ1n) is 9.50. The van der Waals surface area contributed by atoms with Gasteiger partial charge in [0.1, 0.15) is 0 Å². The highest BCUT2D eigenvalue weighted by Gasteiger charge is 2.25. The molecular weight excluding hydrogens is 350 g/mol. The lowest BCUT2D eigenvalue weighted by atomic mass is 10.1. The molecule has 0 spiro atoms. The Hall–Kier alpha value is -3.34. The van der Waals surface area contributed by atoms with Crippen LogP contribution in [0.3, 0.4) is 0 Å². The number of carbonyl (C=O) groups excluding carboxylic acids is 2. The van der Waals surface area contributed by atoms with E-state index in [9.17, 15) is 9.59 Å². The number of nitrogens with one attached hydrogen (secondary N) is 2. The molecule has 0 radical (unpaired) electrons. The van der Waals surface area contributed by atoms with Crippen LogP contribution in [0, 0.1) is 0 Å². The van der Waals surface area contributed by atoms with Crippen molar-refractivity contribution >= 4 is 34.0 Å². The van der Waals surface area contributed by atoms with Crippen molar-refractivity contribution in [2.75, 3.05) is 23.8 Å². The summed E-state index contributed by atoms with van der Waals surface area (Å²) >= 11 is 0. The average Bonchev–Trinajstić information content (AvgIpc) is 3.51. The minimum atomic E-state index is -0.165. The van der Waals surface area contributed by atoms with Crippen LogP contribution in [-0.4, -0.2) is 31.4 Å². The molecule has 2 amide bonds. The maximum Gasteiger partial charge on any atom is 0.253 e. The van der Waals surface area contributed by atoms with E-state index in [2.05, 4.69) is 34.9 Å². The summed E-state index contributed by atoms with van der Waals surface area (Å²) in [6, 6.07) is 21.7. The molecule has 28 heavy (non-hydrogen) atoms. The Morgan fingerprint density at radius 3 is 2.46 bits per heavy atom. The average molecular weight is 373 g/mol. The minimum absolute atomic E-state index is 0.138. The molecule has 0 heterocycles. The van der Waals surface area contributed by atoms with E-state index in [-0.39, 0.29) is 24.4 Å². The fraction of sp³-hybridized carbons (Fsp3) is 0.217. The number of benzene rings is 3. The molecule has 3 aromatic rings. The fourth-order valence-corrected chi connectivity index (χ4v) is 3.19. The second kappa shape index (κ2) is 7.72. The van der Waals surface area contributed by atoms with E-state index in [0.29, 0.717) is 11.3 Å². The van der Waals surface area contributed by atoms with Crippen molar-refractivity contribution in [3.8, 4) is 0 Å². The van der Waals surface area contributed by atoms with Gasteiger partial charge in [0.25, 0.3) is 5.91 Å². The van der Waals surface area contributed by atoms with Gasteiger partial charge in [-0.2, -0.15) is 0 Å². The predicted octanol–water partition coefficient (Wildman–Crippen LogP) is 3.81. The summed E-state index contributed by atoms with van der Waals surface area (Å²) in [5.74, 6) is -0.302. The van der Waals surface area contributed by atoms with Gasteiger partial charge in [0, 0.05) is 18.8 Å². The van der Waals surface area contributed by atoms with Crippen molar-refractivity contribution < 1.29 is 9.59 Å². The Morgan fingerprint density at radius 2 is 1.68 bits per heavy atom. The zero-order valence-electron chi connectivity index (χ0n) is 15.8. The van der Waals surface area contributed by atoms with Gasteiger partial charge in [-0.15, -0.1) is 0 Å². The predicted molar refractivity (Wildman–Crippen MR) is 113 cm³/mol. The molecule has 3 aromatic carbocycles. The van der Waals surface area contributed by atoms with Gasteiger partial charge < -0.3 is 15.5 Å². The van der Waals surface area contributed by atoms with Crippen LogP contribution in [0.2, 0.25) is 0 Å². The molecule has 0 aliphatic heterocycles. The molecule has 1 fully saturated rings. The molecule has 1 aliphatic rings. The quantitative estimate of drug-likeness (QED) is 0.691. The number of rotatable bonds is 6. The van der Waals surface area contributed by atoms with Crippen molar-refractivity contribution in [3.63, 3.8) is 0 Å². The van der Waals surface area contributed by atoms with Crippen LogP contribution in [0.15, 0.2) is 66.7 Å². The van der Waals surface area contributed by atoms with Crippen molar-refractivity contribution in [1.82, 2.24) is 5.32 Å². The van der Waals surface area contributed by atoms with E-state index in [0.717, 1.165) is 23.9 Å². The molecule has 1 saturated carbocycles. The smallest absolute Gasteiger partial charge is 0.253 e. The van der Waals surface area contributed by atoms with Gasteiger partial charge in [0.2, 0.25) is 5.91 Å². The first-order valence-corrected chi connectivity index (χ1v) is 9.50. The lowest BCUT2D eigenvalue weighted by Gasteiger charge is -2.20. The molecule has 1 aliphatic carbocycles. The normalized spacial score (nSPS) is 13.2. The van der Waals surface area contributed by atoms with Gasteiger partial charge in [-0.3, -0.25) is 9.59 Å². The van der Waals surface area contributed by atoms with Crippen LogP contribution in [-0.2, 0) is 4.79 Å². The number of nitrogens with zero attached hydrogens (tertiary/aromatic N) is 1. The van der Waals surface area contributed by atoms with Gasteiger partial charge in [-0.25, -0.2) is 0 Å². The molecule has 142 valence electrons. The van der Waals surface area contributed by atoms with Gasteiger partial charge in [0.15, 0.2) is 0 Å². The maximum atomic E-state index is 12.6. The van der Waals surface area contributed by atoms with E-state index in [1.165, 1.54) is 5.39 Å². The first-order chi connectivity index (χ1) is 13.6. The van der Waals surface area contributed by atoms with E-state index < -0.39 is 0 Å². The summed E-state index contributed by atoms with van der Waals surface area (Å²) in [4.78, 5) is 26.9. The summed E-state index contributed by atoms with van der Waals surface area (Å²) in [5, 5.41) is 8.15. The van der Waals surface area contributed by atoms with Gasteiger partial charge in [-0.1, -0.05) is 42.5 Å². The molecule has 0 unspecified atom stereocenters. The molecule has 2 N–H and O–H groups in total. The van der Waals surface area contributed by atoms with Crippen molar-refractivity contribution in [1.29, 1.82) is 0 Å². The fourth-order valence-electron chi connectivity index (χ4n) is 3.19. The molecule has 0 bridgehead atoms. The Bertz CT molecular complexity index is 1030. The monoisotopic (exact) mass is 373 g/mol. The Balaban J connectivity index is 1.44.